The lowest BCUT2D eigenvalue weighted by atomic mass is 9.81. The lowest BCUT2D eigenvalue weighted by Crippen LogP contribution is -2.54. The smallest absolute Gasteiger partial charge is 0.327 e. The van der Waals surface area contributed by atoms with Gasteiger partial charge in [-0.1, -0.05) is 48.5 Å². The van der Waals surface area contributed by atoms with Crippen LogP contribution in [0.25, 0.3) is 21.5 Å². The number of benzene rings is 3. The predicted octanol–water partition coefficient (Wildman–Crippen LogP) is 0.686. The molecule has 5 rings (SSSR count). The molecule has 1 aliphatic heterocycles. The SMILES string of the molecule is CC(=O)CN1CCN(CC(=O)O)CCN(CC(=O)O)CCN(CC(=O)NCC2CCC(C(=O)N[C@@H](Cc3c4ccccc4cc4ccccc34)C(=O)N[C@@H](CSC[C@H](NC(=O)N[C@@H](CCCC(=O)O)C(=O)O)C(=O)O)C(=O)O)CC2)CC1. The Bertz CT molecular complexity index is 2680. The molecule has 4 atom stereocenters. The van der Waals surface area contributed by atoms with E-state index in [9.17, 15) is 78.3 Å². The average Bonchev–Trinajstić information content (AvgIpc) is 3.48. The average molecular weight is 1170 g/mol. The van der Waals surface area contributed by atoms with E-state index in [2.05, 4.69) is 26.6 Å². The van der Waals surface area contributed by atoms with Crippen molar-refractivity contribution in [2.45, 2.75) is 82.5 Å². The molecule has 0 aromatic heterocycles. The number of carbonyl (C=O) groups excluding carboxylic acids is 5. The maximum Gasteiger partial charge on any atom is 0.327 e. The van der Waals surface area contributed by atoms with Crippen LogP contribution in [-0.2, 0) is 54.4 Å². The second-order valence-electron chi connectivity index (χ2n) is 20.8. The van der Waals surface area contributed by atoms with Crippen molar-refractivity contribution in [1.29, 1.82) is 0 Å². The Hall–Kier alpha value is -7.46. The number of nitrogens with zero attached hydrogens (tertiary/aromatic N) is 4. The first kappa shape index (κ1) is 65.4. The molecule has 3 aromatic rings. The topological polar surface area (TPSA) is 382 Å². The molecule has 82 heavy (non-hydrogen) atoms. The summed E-state index contributed by atoms with van der Waals surface area (Å²) in [5, 5.41) is 73.7. The van der Waals surface area contributed by atoms with Gasteiger partial charge in [0.15, 0.2) is 0 Å². The molecule has 27 heteroatoms. The van der Waals surface area contributed by atoms with E-state index in [1.54, 1.807) is 9.80 Å². The molecular formula is C55H75N9O17S. The van der Waals surface area contributed by atoms with Crippen LogP contribution in [0.15, 0.2) is 54.6 Å². The Morgan fingerprint density at radius 1 is 0.549 bits per heavy atom. The minimum Gasteiger partial charge on any atom is -0.481 e. The van der Waals surface area contributed by atoms with E-state index in [1.165, 1.54) is 6.92 Å². The molecule has 3 aromatic carbocycles. The molecule has 1 aliphatic carbocycles. The van der Waals surface area contributed by atoms with Crippen molar-refractivity contribution in [2.75, 3.05) is 96.6 Å². The number of fused-ring (bicyclic) bond motifs is 2. The highest BCUT2D eigenvalue weighted by atomic mass is 32.2. The lowest BCUT2D eigenvalue weighted by Gasteiger charge is -2.33. The van der Waals surface area contributed by atoms with Gasteiger partial charge in [0.1, 0.15) is 30.0 Å². The lowest BCUT2D eigenvalue weighted by molar-refractivity contribution is -0.141. The molecule has 1 heterocycles. The quantitative estimate of drug-likeness (QED) is 0.0426. The molecule has 2 fully saturated rings. The first-order valence-electron chi connectivity index (χ1n) is 27.2. The van der Waals surface area contributed by atoms with Gasteiger partial charge in [-0.25, -0.2) is 19.2 Å². The van der Waals surface area contributed by atoms with Crippen molar-refractivity contribution in [1.82, 2.24) is 46.2 Å². The van der Waals surface area contributed by atoms with Crippen LogP contribution in [0.3, 0.4) is 0 Å². The number of nitrogens with one attached hydrogen (secondary N) is 5. The number of aliphatic carboxylic acids is 6. The second kappa shape index (κ2) is 32.8. The van der Waals surface area contributed by atoms with E-state index < -0.39 is 89.5 Å². The zero-order valence-corrected chi connectivity index (χ0v) is 46.6. The van der Waals surface area contributed by atoms with E-state index in [-0.39, 0.29) is 88.3 Å². The number of rotatable bonds is 29. The van der Waals surface area contributed by atoms with E-state index in [1.807, 2.05) is 64.4 Å². The normalized spacial score (nSPS) is 18.5. The van der Waals surface area contributed by atoms with Crippen LogP contribution < -0.4 is 26.6 Å². The summed E-state index contributed by atoms with van der Waals surface area (Å²) in [6.07, 6.45) is 1.17. The molecule has 26 nitrogen and oxygen atoms in total. The number of amides is 5. The third-order valence-corrected chi connectivity index (χ3v) is 15.6. The third kappa shape index (κ3) is 22.1. The van der Waals surface area contributed by atoms with E-state index in [0.29, 0.717) is 71.5 Å². The van der Waals surface area contributed by atoms with E-state index in [4.69, 9.17) is 5.11 Å². The van der Waals surface area contributed by atoms with E-state index in [0.717, 1.165) is 38.9 Å². The van der Waals surface area contributed by atoms with Gasteiger partial charge in [-0.3, -0.25) is 53.2 Å². The van der Waals surface area contributed by atoms with Gasteiger partial charge in [0.2, 0.25) is 17.7 Å². The summed E-state index contributed by atoms with van der Waals surface area (Å²) in [6, 6.07) is 9.77. The number of hydrogen-bond acceptors (Lipinski definition) is 16. The Balaban J connectivity index is 1.23. The fourth-order valence-corrected chi connectivity index (χ4v) is 11.1. The monoisotopic (exact) mass is 1170 g/mol. The molecule has 448 valence electrons. The van der Waals surface area contributed by atoms with Gasteiger partial charge in [0, 0.05) is 89.2 Å². The second-order valence-corrected chi connectivity index (χ2v) is 21.9. The molecule has 0 radical (unpaired) electrons. The number of Topliss-reactive ketones (excluding diaryl/α,β-unsaturated/α-hetero) is 1. The Morgan fingerprint density at radius 2 is 1.01 bits per heavy atom. The summed E-state index contributed by atoms with van der Waals surface area (Å²) in [6.45, 7) is 4.08. The highest BCUT2D eigenvalue weighted by Crippen LogP contribution is 2.31. The summed E-state index contributed by atoms with van der Waals surface area (Å²) in [7, 11) is 0. The largest absolute Gasteiger partial charge is 0.481 e. The van der Waals surface area contributed by atoms with Crippen molar-refractivity contribution in [3.63, 3.8) is 0 Å². The van der Waals surface area contributed by atoms with Crippen LogP contribution in [0.5, 0.6) is 0 Å². The molecule has 1 saturated heterocycles. The van der Waals surface area contributed by atoms with Crippen molar-refractivity contribution < 1.29 is 83.4 Å². The maximum absolute atomic E-state index is 14.4. The van der Waals surface area contributed by atoms with Gasteiger partial charge in [-0.15, -0.1) is 0 Å². The predicted molar refractivity (Wildman–Crippen MR) is 300 cm³/mol. The van der Waals surface area contributed by atoms with Crippen molar-refractivity contribution in [3.8, 4) is 0 Å². The fraction of sp³-hybridized carbons (Fsp3) is 0.545. The highest BCUT2D eigenvalue weighted by Gasteiger charge is 2.34. The van der Waals surface area contributed by atoms with Gasteiger partial charge >= 0.3 is 41.8 Å². The van der Waals surface area contributed by atoms with Crippen LogP contribution in [0.1, 0.15) is 57.4 Å². The van der Waals surface area contributed by atoms with E-state index >= 15 is 0 Å². The number of thioether (sulfide) groups is 1. The Kier molecular flexibility index (Phi) is 26.2. The maximum atomic E-state index is 14.4. The van der Waals surface area contributed by atoms with Gasteiger partial charge < -0.3 is 57.2 Å². The molecule has 2 aliphatic rings. The molecule has 0 spiro atoms. The number of hydrogen-bond donors (Lipinski definition) is 11. The van der Waals surface area contributed by atoms with Gasteiger partial charge in [-0.2, -0.15) is 11.8 Å². The summed E-state index contributed by atoms with van der Waals surface area (Å²) >= 11 is 0.769. The summed E-state index contributed by atoms with van der Waals surface area (Å²) < 4.78 is 0. The number of carboxylic acids is 6. The zero-order chi connectivity index (χ0) is 59.9. The molecule has 5 amide bonds. The standard InChI is InChI=1S/C55H75N9O17S/c1-34(65)28-61-17-19-62(20-22-64(31-49(71)72)24-23-63(21-18-61)30-48(69)70)29-46(66)56-27-35-13-15-36(16-14-35)50(73)57-43(26-41-39-9-4-2-7-37(39)25-38-8-3-5-10-40(38)41)51(74)58-44(53(77)78)32-82-33-45(54(79)80)60-55(81)59-42(52(75)76)11-6-12-47(67)68/h2-5,7-10,25,35-36,42-45H,6,11-24,26-33H2,1H3,(H,56,66)(H,57,73)(H,58,74)(H,67,68)(H,69,70)(H,71,72)(H,75,76)(H,77,78)(H,79,80)(H2,59,60,81)/t35?,36?,42-,43-,44-,45-/m0/s1. The first-order chi connectivity index (χ1) is 39.0. The van der Waals surface area contributed by atoms with Gasteiger partial charge in [-0.05, 0) is 84.5 Å². The Morgan fingerprint density at radius 3 is 1.49 bits per heavy atom. The van der Waals surface area contributed by atoms with Crippen LogP contribution in [0.4, 0.5) is 4.79 Å². The molecule has 1 saturated carbocycles. The molecule has 0 bridgehead atoms. The minimum absolute atomic E-state index is 0.00236. The van der Waals surface area contributed by atoms with Crippen LogP contribution in [0.2, 0.25) is 0 Å². The minimum atomic E-state index is -1.64. The van der Waals surface area contributed by atoms with Crippen molar-refractivity contribution in [2.24, 2.45) is 11.8 Å². The third-order valence-electron chi connectivity index (χ3n) is 14.5. The van der Waals surface area contributed by atoms with Gasteiger partial charge in [0.25, 0.3) is 0 Å². The first-order valence-corrected chi connectivity index (χ1v) is 28.3. The molecular weight excluding hydrogens is 1090 g/mol. The van der Waals surface area contributed by atoms with Crippen LogP contribution in [0, 0.1) is 11.8 Å². The number of carboxylic acid groups (broad SMARTS) is 6. The Labute approximate surface area is 477 Å². The van der Waals surface area contributed by atoms with Crippen molar-refractivity contribution in [3.05, 3.63) is 60.2 Å². The number of urea groups is 1. The van der Waals surface area contributed by atoms with Crippen LogP contribution >= 0.6 is 11.8 Å². The molecule has 11 N–H and O–H groups in total. The van der Waals surface area contributed by atoms with Crippen LogP contribution in [-0.4, -0.2) is 236 Å². The highest BCUT2D eigenvalue weighted by molar-refractivity contribution is 7.99. The summed E-state index contributed by atoms with van der Waals surface area (Å²) in [5.74, 6) is -10.7. The van der Waals surface area contributed by atoms with Crippen molar-refractivity contribution >= 4 is 98.7 Å². The fourth-order valence-electron chi connectivity index (χ4n) is 10.1. The number of carbonyl (C=O) groups is 11. The summed E-state index contributed by atoms with van der Waals surface area (Å²) in [4.78, 5) is 145. The zero-order valence-electron chi connectivity index (χ0n) is 45.8. The summed E-state index contributed by atoms with van der Waals surface area (Å²) in [5.41, 5.74) is 0.721. The number of ketones is 1. The molecule has 0 unspecified atom stereocenters. The van der Waals surface area contributed by atoms with Gasteiger partial charge in [0.05, 0.1) is 26.2 Å².